The molecule has 144 valence electrons. The van der Waals surface area contributed by atoms with Crippen molar-refractivity contribution in [2.24, 2.45) is 0 Å². The van der Waals surface area contributed by atoms with E-state index in [1.807, 2.05) is 55.6 Å². The Morgan fingerprint density at radius 1 is 0.926 bits per heavy atom. The number of rotatable bonds is 6. The van der Waals surface area contributed by atoms with Crippen LogP contribution in [-0.2, 0) is 4.79 Å². The average Bonchev–Trinajstić information content (AvgIpc) is 2.66. The molecule has 2 nitrogen and oxygen atoms in total. The van der Waals surface area contributed by atoms with Gasteiger partial charge >= 0.3 is 0 Å². The topological polar surface area (TPSA) is 29.1 Å². The third-order valence-electron chi connectivity index (χ3n) is 5.19. The van der Waals surface area contributed by atoms with Crippen LogP contribution in [0.25, 0.3) is 0 Å². The van der Waals surface area contributed by atoms with Crippen molar-refractivity contribution in [3.8, 4) is 0 Å². The molecule has 1 aliphatic carbocycles. The lowest BCUT2D eigenvalue weighted by Gasteiger charge is -2.31. The van der Waals surface area contributed by atoms with Gasteiger partial charge in [0.2, 0.25) is 5.91 Å². The molecule has 2 unspecified atom stereocenters. The highest BCUT2D eigenvalue weighted by molar-refractivity contribution is 8.04. The molecule has 0 heterocycles. The molecule has 0 bridgehead atoms. The summed E-state index contributed by atoms with van der Waals surface area (Å²) in [5, 5.41) is 4.27. The Kier molecular flexibility index (Phi) is 7.31. The number of amides is 1. The van der Waals surface area contributed by atoms with Crippen molar-refractivity contribution in [1.29, 1.82) is 0 Å². The molecular formula is C23H29NOS2. The minimum atomic E-state index is 0.114. The minimum Gasteiger partial charge on any atom is -0.325 e. The van der Waals surface area contributed by atoms with Crippen LogP contribution in [0.5, 0.6) is 0 Å². The summed E-state index contributed by atoms with van der Waals surface area (Å²) >= 11 is 3.84. The number of nitrogens with one attached hydrogen (secondary N) is 1. The van der Waals surface area contributed by atoms with Gasteiger partial charge < -0.3 is 5.32 Å². The summed E-state index contributed by atoms with van der Waals surface area (Å²) < 4.78 is 0. The normalized spacial score (nSPS) is 19.7. The third-order valence-corrected chi connectivity index (χ3v) is 8.36. The Bertz CT molecular complexity index is 769. The van der Waals surface area contributed by atoms with Crippen LogP contribution in [0.3, 0.4) is 0 Å². The van der Waals surface area contributed by atoms with Crippen molar-refractivity contribution < 1.29 is 4.79 Å². The predicted molar refractivity (Wildman–Crippen MR) is 120 cm³/mol. The quantitative estimate of drug-likeness (QED) is 0.610. The van der Waals surface area contributed by atoms with Gasteiger partial charge in [0.1, 0.15) is 0 Å². The Hall–Kier alpha value is -1.39. The lowest BCUT2D eigenvalue weighted by molar-refractivity contribution is -0.113. The Morgan fingerprint density at radius 2 is 1.56 bits per heavy atom. The number of para-hydroxylation sites is 1. The van der Waals surface area contributed by atoms with Crippen molar-refractivity contribution in [2.45, 2.75) is 61.8 Å². The molecule has 4 heteroatoms. The zero-order valence-electron chi connectivity index (χ0n) is 16.5. The predicted octanol–water partition coefficient (Wildman–Crippen LogP) is 6.39. The van der Waals surface area contributed by atoms with Crippen LogP contribution in [0.2, 0.25) is 0 Å². The van der Waals surface area contributed by atoms with Gasteiger partial charge in [0, 0.05) is 21.1 Å². The molecule has 27 heavy (non-hydrogen) atoms. The Labute approximate surface area is 171 Å². The van der Waals surface area contributed by atoms with E-state index in [1.54, 1.807) is 0 Å². The van der Waals surface area contributed by atoms with Crippen LogP contribution >= 0.6 is 23.5 Å². The van der Waals surface area contributed by atoms with Crippen molar-refractivity contribution in [2.75, 3.05) is 11.1 Å². The first-order chi connectivity index (χ1) is 13.0. The molecular weight excluding hydrogens is 370 g/mol. The van der Waals surface area contributed by atoms with E-state index >= 15 is 0 Å². The summed E-state index contributed by atoms with van der Waals surface area (Å²) in [5.74, 6) is 0.645. The van der Waals surface area contributed by atoms with Crippen molar-refractivity contribution in [3.05, 3.63) is 59.2 Å². The second-order valence-electron chi connectivity index (χ2n) is 7.37. The molecule has 1 amide bonds. The maximum atomic E-state index is 12.5. The number of benzene rings is 2. The van der Waals surface area contributed by atoms with E-state index in [0.717, 1.165) is 16.8 Å². The molecule has 0 aromatic heterocycles. The van der Waals surface area contributed by atoms with E-state index in [4.69, 9.17) is 0 Å². The maximum Gasteiger partial charge on any atom is 0.234 e. The largest absolute Gasteiger partial charge is 0.325 e. The standard InChI is InChI=1S/C23H29NOS2/c1-16-9-4-5-12-19(16)27-21-14-7-6-13-20(21)26-15-22(25)24-23-17(2)10-8-11-18(23)3/h4-5,8-12,20-21H,6-7,13-15H2,1-3H3,(H,24,25). The molecule has 3 rings (SSSR count). The molecule has 2 aromatic carbocycles. The van der Waals surface area contributed by atoms with Crippen molar-refractivity contribution >= 4 is 35.1 Å². The lowest BCUT2D eigenvalue weighted by Crippen LogP contribution is -2.27. The number of hydrogen-bond acceptors (Lipinski definition) is 3. The monoisotopic (exact) mass is 399 g/mol. The first kappa shape index (κ1) is 20.3. The van der Waals surface area contributed by atoms with Gasteiger partial charge in [-0.15, -0.1) is 23.5 Å². The molecule has 1 fully saturated rings. The number of hydrogen-bond donors (Lipinski definition) is 1. The van der Waals surface area contributed by atoms with E-state index in [-0.39, 0.29) is 5.91 Å². The first-order valence-corrected chi connectivity index (χ1v) is 11.7. The molecule has 0 radical (unpaired) electrons. The zero-order valence-corrected chi connectivity index (χ0v) is 18.1. The second kappa shape index (κ2) is 9.70. The van der Waals surface area contributed by atoms with Gasteiger partial charge in [-0.05, 0) is 56.4 Å². The second-order valence-corrected chi connectivity index (χ2v) is 9.88. The number of thioether (sulfide) groups is 2. The fourth-order valence-corrected chi connectivity index (χ4v) is 6.44. The van der Waals surface area contributed by atoms with E-state index in [0.29, 0.717) is 16.3 Å². The Morgan fingerprint density at radius 3 is 2.26 bits per heavy atom. The van der Waals surface area contributed by atoms with Gasteiger partial charge in [-0.3, -0.25) is 4.79 Å². The summed E-state index contributed by atoms with van der Waals surface area (Å²) in [6, 6.07) is 14.8. The molecule has 0 aliphatic heterocycles. The van der Waals surface area contributed by atoms with Gasteiger partial charge in [0.25, 0.3) is 0 Å². The summed E-state index contributed by atoms with van der Waals surface area (Å²) in [5.41, 5.74) is 4.57. The molecule has 2 aromatic rings. The fraction of sp³-hybridized carbons (Fsp3) is 0.435. The summed E-state index contributed by atoms with van der Waals surface area (Å²) in [6.07, 6.45) is 5.04. The van der Waals surface area contributed by atoms with Gasteiger partial charge in [-0.1, -0.05) is 49.2 Å². The number of aryl methyl sites for hydroxylation is 3. The number of carbonyl (C=O) groups excluding carboxylic acids is 1. The molecule has 1 saturated carbocycles. The zero-order chi connectivity index (χ0) is 19.2. The van der Waals surface area contributed by atoms with Crippen LogP contribution in [-0.4, -0.2) is 22.2 Å². The molecule has 2 atom stereocenters. The highest BCUT2D eigenvalue weighted by Gasteiger charge is 2.27. The summed E-state index contributed by atoms with van der Waals surface area (Å²) in [6.45, 7) is 6.28. The van der Waals surface area contributed by atoms with Gasteiger partial charge in [0.05, 0.1) is 5.75 Å². The van der Waals surface area contributed by atoms with Crippen LogP contribution in [0.4, 0.5) is 5.69 Å². The van der Waals surface area contributed by atoms with Crippen LogP contribution in [0.15, 0.2) is 47.4 Å². The maximum absolute atomic E-state index is 12.5. The number of carbonyl (C=O) groups is 1. The molecule has 0 spiro atoms. The van der Waals surface area contributed by atoms with E-state index in [1.165, 1.54) is 36.1 Å². The first-order valence-electron chi connectivity index (χ1n) is 9.74. The highest BCUT2D eigenvalue weighted by atomic mass is 32.2. The van der Waals surface area contributed by atoms with Crippen molar-refractivity contribution in [3.63, 3.8) is 0 Å². The SMILES string of the molecule is Cc1ccccc1SC1CCCCC1SCC(=O)Nc1c(C)cccc1C. The van der Waals surface area contributed by atoms with Gasteiger partial charge in [-0.2, -0.15) is 0 Å². The van der Waals surface area contributed by atoms with Crippen LogP contribution in [0, 0.1) is 20.8 Å². The molecule has 1 aliphatic rings. The summed E-state index contributed by atoms with van der Waals surface area (Å²) in [7, 11) is 0. The molecule has 1 N–H and O–H groups in total. The third kappa shape index (κ3) is 5.55. The lowest BCUT2D eigenvalue weighted by atomic mass is 10.00. The number of anilines is 1. The van der Waals surface area contributed by atoms with Crippen LogP contribution in [0.1, 0.15) is 42.4 Å². The van der Waals surface area contributed by atoms with Crippen LogP contribution < -0.4 is 5.32 Å². The fourth-order valence-electron chi connectivity index (χ4n) is 3.61. The van der Waals surface area contributed by atoms with Gasteiger partial charge in [-0.25, -0.2) is 0 Å². The van der Waals surface area contributed by atoms with Crippen molar-refractivity contribution in [1.82, 2.24) is 0 Å². The smallest absolute Gasteiger partial charge is 0.234 e. The average molecular weight is 400 g/mol. The highest BCUT2D eigenvalue weighted by Crippen LogP contribution is 2.40. The summed E-state index contributed by atoms with van der Waals surface area (Å²) in [4.78, 5) is 13.9. The Balaban J connectivity index is 1.58. The molecule has 0 saturated heterocycles. The van der Waals surface area contributed by atoms with E-state index < -0.39 is 0 Å². The van der Waals surface area contributed by atoms with E-state index in [9.17, 15) is 4.79 Å². The minimum absolute atomic E-state index is 0.114. The van der Waals surface area contributed by atoms with Gasteiger partial charge in [0.15, 0.2) is 0 Å². The van der Waals surface area contributed by atoms with E-state index in [2.05, 4.69) is 36.5 Å².